The van der Waals surface area contributed by atoms with E-state index in [-0.39, 0.29) is 62.9 Å². The third kappa shape index (κ3) is 18.3. The maximum atomic E-state index is 11.0. The van der Waals surface area contributed by atoms with E-state index in [4.69, 9.17) is 42.8 Å². The molecule has 3 N–H and O–H groups in total. The van der Waals surface area contributed by atoms with Crippen LogP contribution >= 0.6 is 0 Å². The zero-order valence-electron chi connectivity index (χ0n) is 25.0. The van der Waals surface area contributed by atoms with E-state index in [0.717, 1.165) is 57.3 Å². The second-order valence-electron chi connectivity index (χ2n) is 9.01. The fourth-order valence-corrected chi connectivity index (χ4v) is 2.82. The van der Waals surface area contributed by atoms with Crippen molar-refractivity contribution in [3.8, 4) is 17.2 Å². The SMILES string of the molecule is CCCCOCc1cc(=O)c(O)co1.CCCCOCc1cc(=O)c(O)co1.CCCCOCc1cc(=O)c(O)co1.[In]. The molecule has 0 aliphatic carbocycles. The van der Waals surface area contributed by atoms with Gasteiger partial charge in [-0.15, -0.1) is 0 Å². The molecule has 0 atom stereocenters. The quantitative estimate of drug-likeness (QED) is 0.187. The third-order valence-electron chi connectivity index (χ3n) is 5.26. The first kappa shape index (κ1) is 40.0. The molecule has 0 saturated heterocycles. The largest absolute Gasteiger partial charge is 0.502 e. The van der Waals surface area contributed by atoms with Crippen molar-refractivity contribution in [2.45, 2.75) is 79.1 Å². The Morgan fingerprint density at radius 1 is 0.535 bits per heavy atom. The zero-order valence-corrected chi connectivity index (χ0v) is 28.3. The molecule has 43 heavy (non-hydrogen) atoms. The molecule has 3 radical (unpaired) electrons. The maximum absolute atomic E-state index is 11.0. The van der Waals surface area contributed by atoms with Gasteiger partial charge in [0, 0.05) is 63.9 Å². The van der Waals surface area contributed by atoms with E-state index < -0.39 is 16.3 Å². The Morgan fingerprint density at radius 3 is 1.00 bits per heavy atom. The van der Waals surface area contributed by atoms with Crippen LogP contribution in [0.25, 0.3) is 0 Å². The van der Waals surface area contributed by atoms with Gasteiger partial charge in [-0.25, -0.2) is 0 Å². The molecule has 3 heterocycles. The average molecular weight is 709 g/mol. The molecule has 3 aromatic rings. The van der Waals surface area contributed by atoms with Crippen LogP contribution in [0.5, 0.6) is 17.2 Å². The van der Waals surface area contributed by atoms with Crippen LogP contribution in [0.1, 0.15) is 76.6 Å². The van der Waals surface area contributed by atoms with Gasteiger partial charge in [0.2, 0.25) is 16.3 Å². The van der Waals surface area contributed by atoms with Gasteiger partial charge in [-0.2, -0.15) is 0 Å². The van der Waals surface area contributed by atoms with Crippen molar-refractivity contribution in [2.24, 2.45) is 0 Å². The van der Waals surface area contributed by atoms with Crippen LogP contribution in [0.15, 0.2) is 64.6 Å². The first-order valence-electron chi connectivity index (χ1n) is 13.9. The van der Waals surface area contributed by atoms with Crippen molar-refractivity contribution in [3.63, 3.8) is 0 Å². The summed E-state index contributed by atoms with van der Waals surface area (Å²) < 4.78 is 30.6. The molecule has 0 bridgehead atoms. The minimum Gasteiger partial charge on any atom is -0.502 e. The van der Waals surface area contributed by atoms with Crippen LogP contribution in [0.3, 0.4) is 0 Å². The second kappa shape index (κ2) is 24.4. The van der Waals surface area contributed by atoms with E-state index in [9.17, 15) is 14.4 Å². The van der Waals surface area contributed by atoms with Crippen LogP contribution < -0.4 is 16.3 Å². The van der Waals surface area contributed by atoms with Gasteiger partial charge in [-0.1, -0.05) is 40.0 Å². The summed E-state index contributed by atoms with van der Waals surface area (Å²) in [6.07, 6.45) is 9.26. The zero-order chi connectivity index (χ0) is 31.2. The minimum absolute atomic E-state index is 0. The molecule has 0 amide bonds. The van der Waals surface area contributed by atoms with Crippen molar-refractivity contribution in [1.82, 2.24) is 0 Å². The summed E-state index contributed by atoms with van der Waals surface area (Å²) in [5.41, 5.74) is -1.32. The molecule has 0 saturated carbocycles. The van der Waals surface area contributed by atoms with E-state index in [1.54, 1.807) is 0 Å². The van der Waals surface area contributed by atoms with Crippen LogP contribution in [-0.2, 0) is 34.0 Å². The first-order chi connectivity index (χ1) is 20.2. The predicted molar refractivity (Wildman–Crippen MR) is 159 cm³/mol. The van der Waals surface area contributed by atoms with Gasteiger partial charge >= 0.3 is 0 Å². The Kier molecular flexibility index (Phi) is 22.7. The number of ether oxygens (including phenoxy) is 3. The monoisotopic (exact) mass is 709 g/mol. The van der Waals surface area contributed by atoms with Crippen molar-refractivity contribution >= 4 is 25.8 Å². The molecule has 237 valence electrons. The summed E-state index contributed by atoms with van der Waals surface area (Å²) in [5.74, 6) is 0.184. The first-order valence-corrected chi connectivity index (χ1v) is 13.9. The minimum atomic E-state index is -0.439. The summed E-state index contributed by atoms with van der Waals surface area (Å²) in [4.78, 5) is 32.9. The number of unbranched alkanes of at least 4 members (excludes halogenated alkanes) is 3. The van der Waals surface area contributed by atoms with Crippen molar-refractivity contribution in [3.05, 3.63) is 84.9 Å². The number of hydrogen-bond acceptors (Lipinski definition) is 12. The molecule has 0 unspecified atom stereocenters. The summed E-state index contributed by atoms with van der Waals surface area (Å²) in [6, 6.07) is 3.71. The smallest absolute Gasteiger partial charge is 0.226 e. The van der Waals surface area contributed by atoms with Crippen LogP contribution in [-0.4, -0.2) is 61.0 Å². The summed E-state index contributed by atoms with van der Waals surface area (Å²) in [5, 5.41) is 26.7. The summed E-state index contributed by atoms with van der Waals surface area (Å²) in [7, 11) is 0. The predicted octanol–water partition coefficient (Wildman–Crippen LogP) is 4.61. The van der Waals surface area contributed by atoms with Gasteiger partial charge in [0.25, 0.3) is 0 Å². The van der Waals surface area contributed by atoms with Crippen LogP contribution in [0, 0.1) is 0 Å². The summed E-state index contributed by atoms with van der Waals surface area (Å²) in [6.45, 7) is 9.00. The molecule has 0 spiro atoms. The van der Waals surface area contributed by atoms with Gasteiger partial charge in [0.1, 0.15) is 55.9 Å². The molecule has 3 aromatic heterocycles. The Balaban J connectivity index is 0.000000608. The van der Waals surface area contributed by atoms with Crippen molar-refractivity contribution in [1.29, 1.82) is 0 Å². The third-order valence-corrected chi connectivity index (χ3v) is 5.26. The van der Waals surface area contributed by atoms with Gasteiger partial charge in [0.05, 0.1) is 0 Å². The molecule has 12 nitrogen and oxygen atoms in total. The Bertz CT molecular complexity index is 1150. The number of hydrogen-bond donors (Lipinski definition) is 3. The Morgan fingerprint density at radius 2 is 0.791 bits per heavy atom. The van der Waals surface area contributed by atoms with E-state index >= 15 is 0 Å². The second-order valence-corrected chi connectivity index (χ2v) is 9.01. The van der Waals surface area contributed by atoms with E-state index in [0.29, 0.717) is 37.1 Å². The molecule has 0 aliphatic rings. The van der Waals surface area contributed by atoms with E-state index in [1.807, 2.05) is 0 Å². The van der Waals surface area contributed by atoms with Gasteiger partial charge < -0.3 is 42.8 Å². The van der Waals surface area contributed by atoms with Crippen molar-refractivity contribution in [2.75, 3.05) is 19.8 Å². The van der Waals surface area contributed by atoms with Crippen LogP contribution in [0.2, 0.25) is 0 Å². The van der Waals surface area contributed by atoms with Crippen LogP contribution in [0.4, 0.5) is 0 Å². The summed E-state index contributed by atoms with van der Waals surface area (Å²) >= 11 is 0. The Hall–Kier alpha value is -3.00. The molecular formula is C30H42InO12. The van der Waals surface area contributed by atoms with E-state index in [2.05, 4.69) is 20.8 Å². The van der Waals surface area contributed by atoms with Gasteiger partial charge in [0.15, 0.2) is 17.2 Å². The fraction of sp³-hybridized carbons (Fsp3) is 0.500. The fourth-order valence-electron chi connectivity index (χ4n) is 2.82. The normalized spacial score (nSPS) is 10.1. The average Bonchev–Trinajstić information content (AvgIpc) is 2.98. The number of aromatic hydroxyl groups is 3. The van der Waals surface area contributed by atoms with Gasteiger partial charge in [-0.05, 0) is 19.3 Å². The molecule has 0 aromatic carbocycles. The van der Waals surface area contributed by atoms with Gasteiger partial charge in [-0.3, -0.25) is 14.4 Å². The topological polar surface area (TPSA) is 179 Å². The van der Waals surface area contributed by atoms with E-state index in [1.165, 1.54) is 18.2 Å². The molecule has 0 aliphatic heterocycles. The molecule has 3 rings (SSSR count). The standard InChI is InChI=1S/3C10H14O4.In/c3*1-2-3-4-13-6-8-5-9(11)10(12)7-14-8;/h3*5,7,12H,2-4,6H2,1H3;. The van der Waals surface area contributed by atoms with Crippen molar-refractivity contribution < 1.29 is 42.8 Å². The molecule has 13 heteroatoms. The molecular weight excluding hydrogens is 667 g/mol. The number of rotatable bonds is 15. The Labute approximate surface area is 269 Å². The maximum Gasteiger partial charge on any atom is 0.226 e. The molecule has 0 fully saturated rings.